The number of nitrogens with one attached hydrogen (secondary N) is 2. The molecule has 0 spiro atoms. The van der Waals surface area contributed by atoms with E-state index in [1.807, 2.05) is 0 Å². The topological polar surface area (TPSA) is 154 Å². The van der Waals surface area contributed by atoms with Gasteiger partial charge in [0.2, 0.25) is 0 Å². The Balaban J connectivity index is 1.87. The fraction of sp³-hybridized carbons (Fsp3) is 0.118. The molecule has 2 rings (SSSR count). The molecular weight excluding hydrogens is 436 g/mol. The quantitative estimate of drug-likeness (QED) is 0.334. The molecule has 2 aromatic rings. The molecule has 0 bridgehead atoms. The van der Waals surface area contributed by atoms with Gasteiger partial charge in [0.05, 0.1) is 16.2 Å². The number of nitrogens with zero attached hydrogens (tertiary/aromatic N) is 1. The molecule has 0 aliphatic carbocycles. The highest BCUT2D eigenvalue weighted by atomic mass is 79.9. The Kier molecular flexibility index (Phi) is 7.04. The van der Waals surface area contributed by atoms with Crippen LogP contribution in [0.5, 0.6) is 0 Å². The zero-order valence-corrected chi connectivity index (χ0v) is 15.9. The minimum Gasteiger partial charge on any atom is -0.452 e. The monoisotopic (exact) mass is 450 g/mol. The number of hydrogen-bond donors (Lipinski definition) is 3. The van der Waals surface area contributed by atoms with Crippen molar-refractivity contribution in [2.75, 3.05) is 11.9 Å². The molecule has 4 N–H and O–H groups in total. The van der Waals surface area contributed by atoms with Crippen LogP contribution in [-0.4, -0.2) is 29.4 Å². The number of carbonyl (C=O) groups excluding carboxylic acids is 3. The van der Waals surface area contributed by atoms with Crippen LogP contribution in [0.15, 0.2) is 46.9 Å². The fourth-order valence-electron chi connectivity index (χ4n) is 2.07. The molecule has 0 aliphatic heterocycles. The van der Waals surface area contributed by atoms with E-state index in [0.29, 0.717) is 10.2 Å². The van der Waals surface area contributed by atoms with Crippen molar-refractivity contribution in [3.8, 4) is 0 Å². The van der Waals surface area contributed by atoms with Crippen molar-refractivity contribution in [2.24, 2.45) is 5.73 Å². The van der Waals surface area contributed by atoms with Crippen molar-refractivity contribution in [1.29, 1.82) is 0 Å². The van der Waals surface area contributed by atoms with Gasteiger partial charge in [-0.3, -0.25) is 14.9 Å². The fourth-order valence-corrected chi connectivity index (χ4v) is 2.53. The second-order valence-corrected chi connectivity index (χ2v) is 6.31. The number of halogens is 1. The average molecular weight is 451 g/mol. The van der Waals surface area contributed by atoms with Gasteiger partial charge in [0, 0.05) is 23.2 Å². The summed E-state index contributed by atoms with van der Waals surface area (Å²) in [6.45, 7) is -0.315. The van der Waals surface area contributed by atoms with E-state index in [2.05, 4.69) is 26.6 Å². The van der Waals surface area contributed by atoms with Crippen LogP contribution < -0.4 is 16.4 Å². The van der Waals surface area contributed by atoms with E-state index in [9.17, 15) is 24.5 Å². The number of anilines is 1. The molecule has 0 unspecified atom stereocenters. The maximum Gasteiger partial charge on any atom is 0.338 e. The Morgan fingerprint density at radius 1 is 1.14 bits per heavy atom. The molecule has 0 aromatic heterocycles. The van der Waals surface area contributed by atoms with E-state index < -0.39 is 29.4 Å². The van der Waals surface area contributed by atoms with E-state index >= 15 is 0 Å². The Labute approximate surface area is 167 Å². The van der Waals surface area contributed by atoms with E-state index in [0.717, 1.165) is 5.56 Å². The molecule has 2 aromatic carbocycles. The summed E-state index contributed by atoms with van der Waals surface area (Å²) < 4.78 is 5.26. The highest BCUT2D eigenvalue weighted by Crippen LogP contribution is 2.27. The third-order valence-corrected chi connectivity index (χ3v) is 4.08. The van der Waals surface area contributed by atoms with Crippen LogP contribution in [0.2, 0.25) is 0 Å². The Bertz CT molecular complexity index is 916. The molecule has 0 radical (unpaired) electrons. The van der Waals surface area contributed by atoms with Gasteiger partial charge in [0.25, 0.3) is 11.6 Å². The molecule has 11 heteroatoms. The third-order valence-electron chi connectivity index (χ3n) is 3.43. The number of benzene rings is 2. The summed E-state index contributed by atoms with van der Waals surface area (Å²) in [4.78, 5) is 44.7. The minimum atomic E-state index is -0.702. The third kappa shape index (κ3) is 6.06. The van der Waals surface area contributed by atoms with Crippen molar-refractivity contribution in [3.05, 3.63) is 68.2 Å². The predicted octanol–water partition coefficient (Wildman–Crippen LogP) is 2.32. The summed E-state index contributed by atoms with van der Waals surface area (Å²) in [5, 5.41) is 15.6. The number of carbonyl (C=O) groups is 3. The lowest BCUT2D eigenvalue weighted by molar-refractivity contribution is -0.384. The van der Waals surface area contributed by atoms with Crippen LogP contribution in [0.4, 0.5) is 16.2 Å². The van der Waals surface area contributed by atoms with Crippen molar-refractivity contribution in [2.45, 2.75) is 6.54 Å². The number of hydrogen-bond acceptors (Lipinski definition) is 6. The van der Waals surface area contributed by atoms with Gasteiger partial charge in [-0.05, 0) is 39.7 Å². The number of ether oxygens (including phenoxy) is 1. The van der Waals surface area contributed by atoms with Crippen LogP contribution >= 0.6 is 15.9 Å². The minimum absolute atomic E-state index is 0.134. The number of amides is 3. The van der Waals surface area contributed by atoms with Crippen molar-refractivity contribution in [1.82, 2.24) is 5.32 Å². The molecule has 0 saturated carbocycles. The average Bonchev–Trinajstić information content (AvgIpc) is 2.66. The number of rotatable bonds is 7. The van der Waals surface area contributed by atoms with Gasteiger partial charge >= 0.3 is 12.0 Å². The SMILES string of the molecule is NC(=O)NCc1ccc(C(=O)OCC(=O)Nc2ccc([N+](=O)[O-])cc2Br)cc1. The molecule has 0 saturated heterocycles. The molecular formula is C17H15BrN4O6. The zero-order chi connectivity index (χ0) is 20.7. The van der Waals surface area contributed by atoms with Crippen molar-refractivity contribution >= 4 is 45.2 Å². The number of nitrogens with two attached hydrogens (primary N) is 1. The Morgan fingerprint density at radius 2 is 1.82 bits per heavy atom. The molecule has 0 atom stereocenters. The van der Waals surface area contributed by atoms with Gasteiger partial charge in [-0.1, -0.05) is 12.1 Å². The summed E-state index contributed by atoms with van der Waals surface area (Å²) in [5.74, 6) is -1.31. The molecule has 3 amide bonds. The highest BCUT2D eigenvalue weighted by molar-refractivity contribution is 9.10. The molecule has 10 nitrogen and oxygen atoms in total. The van der Waals surface area contributed by atoms with Crippen LogP contribution in [0.1, 0.15) is 15.9 Å². The molecule has 146 valence electrons. The second kappa shape index (κ2) is 9.46. The van der Waals surface area contributed by atoms with Gasteiger partial charge in [-0.25, -0.2) is 9.59 Å². The normalized spacial score (nSPS) is 10.0. The van der Waals surface area contributed by atoms with Crippen LogP contribution in [0, 0.1) is 10.1 Å². The first kappa shape index (κ1) is 20.8. The van der Waals surface area contributed by atoms with Crippen molar-refractivity contribution < 1.29 is 24.0 Å². The first-order chi connectivity index (χ1) is 13.3. The number of esters is 1. The Morgan fingerprint density at radius 3 is 2.39 bits per heavy atom. The summed E-state index contributed by atoms with van der Waals surface area (Å²) in [6, 6.07) is 9.39. The number of non-ortho nitro benzene ring substituents is 1. The van der Waals surface area contributed by atoms with Gasteiger partial charge in [-0.2, -0.15) is 0 Å². The lowest BCUT2D eigenvalue weighted by atomic mass is 10.1. The molecule has 0 aliphatic rings. The maximum atomic E-state index is 12.0. The van der Waals surface area contributed by atoms with Crippen molar-refractivity contribution in [3.63, 3.8) is 0 Å². The smallest absolute Gasteiger partial charge is 0.338 e. The van der Waals surface area contributed by atoms with E-state index in [4.69, 9.17) is 10.5 Å². The first-order valence-electron chi connectivity index (χ1n) is 7.79. The lowest BCUT2D eigenvalue weighted by Gasteiger charge is -2.08. The van der Waals surface area contributed by atoms with Crippen LogP contribution in [-0.2, 0) is 16.1 Å². The number of urea groups is 1. The van der Waals surface area contributed by atoms with Gasteiger partial charge in [0.15, 0.2) is 6.61 Å². The summed E-state index contributed by atoms with van der Waals surface area (Å²) >= 11 is 3.13. The summed E-state index contributed by atoms with van der Waals surface area (Å²) in [5.41, 5.74) is 6.11. The second-order valence-electron chi connectivity index (χ2n) is 5.46. The number of nitro groups is 1. The molecule has 28 heavy (non-hydrogen) atoms. The number of primary amides is 1. The van der Waals surface area contributed by atoms with Gasteiger partial charge in [0.1, 0.15) is 0 Å². The first-order valence-corrected chi connectivity index (χ1v) is 8.58. The standard InChI is InChI=1S/C17H15BrN4O6/c18-13-7-12(22(26)27)5-6-14(13)21-15(23)9-28-16(24)11-3-1-10(2-4-11)8-20-17(19)25/h1-7H,8-9H2,(H,21,23)(H3,19,20,25). The largest absolute Gasteiger partial charge is 0.452 e. The number of nitro benzene ring substituents is 1. The van der Waals surface area contributed by atoms with Gasteiger partial charge < -0.3 is 21.1 Å². The van der Waals surface area contributed by atoms with E-state index in [1.54, 1.807) is 12.1 Å². The van der Waals surface area contributed by atoms with E-state index in [1.165, 1.54) is 30.3 Å². The highest BCUT2D eigenvalue weighted by Gasteiger charge is 2.13. The molecule has 0 heterocycles. The lowest BCUT2D eigenvalue weighted by Crippen LogP contribution is -2.28. The Hall–Kier alpha value is -3.47. The summed E-state index contributed by atoms with van der Waals surface area (Å²) in [7, 11) is 0. The molecule has 0 fully saturated rings. The maximum absolute atomic E-state index is 12.0. The van der Waals surface area contributed by atoms with E-state index in [-0.39, 0.29) is 17.8 Å². The summed E-state index contributed by atoms with van der Waals surface area (Å²) in [6.07, 6.45) is 0. The van der Waals surface area contributed by atoms with Gasteiger partial charge in [-0.15, -0.1) is 0 Å². The predicted molar refractivity (Wildman–Crippen MR) is 103 cm³/mol. The van der Waals surface area contributed by atoms with Crippen LogP contribution in [0.25, 0.3) is 0 Å². The zero-order valence-electron chi connectivity index (χ0n) is 14.3. The van der Waals surface area contributed by atoms with Crippen LogP contribution in [0.3, 0.4) is 0 Å².